The number of hydrogen-bond acceptors (Lipinski definition) is 4. The molecule has 2 rings (SSSR count). The summed E-state index contributed by atoms with van der Waals surface area (Å²) in [6.45, 7) is 1.78. The van der Waals surface area contributed by atoms with Crippen LogP contribution in [0.15, 0.2) is 11.6 Å². The summed E-state index contributed by atoms with van der Waals surface area (Å²) in [5.41, 5.74) is 6.14. The van der Waals surface area contributed by atoms with E-state index in [0.717, 1.165) is 30.9 Å². The Bertz CT molecular complexity index is 254. The van der Waals surface area contributed by atoms with Crippen LogP contribution in [0.2, 0.25) is 0 Å². The molecule has 1 aromatic heterocycles. The molecule has 1 saturated carbocycles. The third kappa shape index (κ3) is 2.27. The Kier molecular flexibility index (Phi) is 2.62. The summed E-state index contributed by atoms with van der Waals surface area (Å²) in [5, 5.41) is 6.49. The maximum Gasteiger partial charge on any atom is 0.106 e. The second kappa shape index (κ2) is 3.74. The first-order valence-corrected chi connectivity index (χ1v) is 5.54. The van der Waals surface area contributed by atoms with Gasteiger partial charge in [0.15, 0.2) is 0 Å². The van der Waals surface area contributed by atoms with Crippen molar-refractivity contribution in [3.63, 3.8) is 0 Å². The first-order chi connectivity index (χ1) is 6.29. The molecule has 0 saturated heterocycles. The lowest BCUT2D eigenvalue weighted by Crippen LogP contribution is -2.53. The topological polar surface area (TPSA) is 50.9 Å². The van der Waals surface area contributed by atoms with E-state index in [1.54, 1.807) is 11.3 Å². The molecular formula is C9H15N3S. The van der Waals surface area contributed by atoms with Gasteiger partial charge in [-0.2, -0.15) is 0 Å². The van der Waals surface area contributed by atoms with Gasteiger partial charge in [0, 0.05) is 30.2 Å². The van der Waals surface area contributed by atoms with Crippen LogP contribution in [0.25, 0.3) is 0 Å². The summed E-state index contributed by atoms with van der Waals surface area (Å²) >= 11 is 1.68. The van der Waals surface area contributed by atoms with Gasteiger partial charge in [-0.15, -0.1) is 11.3 Å². The minimum Gasteiger partial charge on any atom is -0.324 e. The van der Waals surface area contributed by atoms with Crippen molar-refractivity contribution in [1.82, 2.24) is 10.3 Å². The van der Waals surface area contributed by atoms with E-state index < -0.39 is 0 Å². The smallest absolute Gasteiger partial charge is 0.106 e. The van der Waals surface area contributed by atoms with E-state index in [1.807, 2.05) is 11.6 Å². The number of aromatic nitrogens is 1. The Morgan fingerprint density at radius 3 is 3.00 bits per heavy atom. The number of nitrogens with two attached hydrogens (primary N) is 1. The lowest BCUT2D eigenvalue weighted by atomic mass is 9.78. The van der Waals surface area contributed by atoms with E-state index in [4.69, 9.17) is 5.73 Å². The van der Waals surface area contributed by atoms with Gasteiger partial charge in [0.1, 0.15) is 5.01 Å². The van der Waals surface area contributed by atoms with Crippen LogP contribution in [0.1, 0.15) is 24.3 Å². The van der Waals surface area contributed by atoms with Crippen LogP contribution in [-0.2, 0) is 6.54 Å². The van der Waals surface area contributed by atoms with E-state index in [-0.39, 0.29) is 5.54 Å². The Hall–Kier alpha value is -0.450. The fraction of sp³-hybridized carbons (Fsp3) is 0.667. The highest BCUT2D eigenvalue weighted by atomic mass is 32.1. The van der Waals surface area contributed by atoms with Gasteiger partial charge in [-0.1, -0.05) is 0 Å². The van der Waals surface area contributed by atoms with Crippen molar-refractivity contribution in [3.8, 4) is 0 Å². The normalized spacial score (nSPS) is 19.8. The standard InChI is InChI=1S/C9H15N3S/c10-9(2-1-3-9)7-11-6-8-12-4-5-13-8/h4-5,11H,1-3,6-7,10H2. The quantitative estimate of drug-likeness (QED) is 0.760. The van der Waals surface area contributed by atoms with Gasteiger partial charge in [-0.3, -0.25) is 0 Å². The van der Waals surface area contributed by atoms with Crippen molar-refractivity contribution in [2.75, 3.05) is 6.54 Å². The number of rotatable bonds is 4. The monoisotopic (exact) mass is 197 g/mol. The molecule has 1 fully saturated rings. The molecule has 13 heavy (non-hydrogen) atoms. The molecule has 0 spiro atoms. The van der Waals surface area contributed by atoms with Crippen LogP contribution in [-0.4, -0.2) is 17.1 Å². The molecule has 4 heteroatoms. The number of nitrogens with one attached hydrogen (secondary N) is 1. The molecule has 72 valence electrons. The largest absolute Gasteiger partial charge is 0.324 e. The Balaban J connectivity index is 1.69. The zero-order valence-electron chi connectivity index (χ0n) is 7.62. The average molecular weight is 197 g/mol. The molecule has 0 atom stereocenters. The van der Waals surface area contributed by atoms with Gasteiger partial charge in [-0.25, -0.2) is 4.98 Å². The predicted molar refractivity (Wildman–Crippen MR) is 54.6 cm³/mol. The molecule has 0 unspecified atom stereocenters. The molecule has 1 aromatic rings. The van der Waals surface area contributed by atoms with Gasteiger partial charge >= 0.3 is 0 Å². The fourth-order valence-electron chi connectivity index (χ4n) is 1.57. The summed E-state index contributed by atoms with van der Waals surface area (Å²) in [6.07, 6.45) is 5.45. The summed E-state index contributed by atoms with van der Waals surface area (Å²) in [5.74, 6) is 0. The van der Waals surface area contributed by atoms with Crippen LogP contribution in [0.4, 0.5) is 0 Å². The van der Waals surface area contributed by atoms with Crippen molar-refractivity contribution in [3.05, 3.63) is 16.6 Å². The van der Waals surface area contributed by atoms with Crippen LogP contribution < -0.4 is 11.1 Å². The molecule has 1 heterocycles. The third-order valence-corrected chi connectivity index (χ3v) is 3.37. The minimum atomic E-state index is 0.0806. The Morgan fingerprint density at radius 2 is 2.46 bits per heavy atom. The summed E-state index contributed by atoms with van der Waals surface area (Å²) in [6, 6.07) is 0. The van der Waals surface area contributed by atoms with Gasteiger partial charge in [0.25, 0.3) is 0 Å². The minimum absolute atomic E-state index is 0.0806. The molecule has 1 aliphatic carbocycles. The van der Waals surface area contributed by atoms with E-state index in [2.05, 4.69) is 10.3 Å². The molecule has 1 aliphatic rings. The van der Waals surface area contributed by atoms with Gasteiger partial charge in [0.05, 0.1) is 0 Å². The molecule has 0 aromatic carbocycles. The van der Waals surface area contributed by atoms with Crippen molar-refractivity contribution < 1.29 is 0 Å². The Morgan fingerprint density at radius 1 is 1.62 bits per heavy atom. The molecule has 3 N–H and O–H groups in total. The molecule has 0 bridgehead atoms. The molecule has 0 amide bonds. The van der Waals surface area contributed by atoms with Gasteiger partial charge in [-0.05, 0) is 19.3 Å². The highest BCUT2D eigenvalue weighted by Crippen LogP contribution is 2.28. The predicted octanol–water partition coefficient (Wildman–Crippen LogP) is 1.11. The van der Waals surface area contributed by atoms with E-state index in [9.17, 15) is 0 Å². The first-order valence-electron chi connectivity index (χ1n) is 4.66. The second-order valence-corrected chi connectivity index (χ2v) is 4.72. The lowest BCUT2D eigenvalue weighted by Gasteiger charge is -2.38. The summed E-state index contributed by atoms with van der Waals surface area (Å²) in [7, 11) is 0. The van der Waals surface area contributed by atoms with Crippen molar-refractivity contribution in [1.29, 1.82) is 0 Å². The number of hydrogen-bond donors (Lipinski definition) is 2. The fourth-order valence-corrected chi connectivity index (χ4v) is 2.15. The zero-order valence-corrected chi connectivity index (χ0v) is 8.44. The van der Waals surface area contributed by atoms with E-state index in [0.29, 0.717) is 0 Å². The maximum atomic E-state index is 6.06. The van der Waals surface area contributed by atoms with E-state index >= 15 is 0 Å². The van der Waals surface area contributed by atoms with Crippen molar-refractivity contribution in [2.24, 2.45) is 5.73 Å². The van der Waals surface area contributed by atoms with Crippen molar-refractivity contribution >= 4 is 11.3 Å². The molecule has 3 nitrogen and oxygen atoms in total. The average Bonchev–Trinajstić information content (AvgIpc) is 2.54. The van der Waals surface area contributed by atoms with Crippen LogP contribution >= 0.6 is 11.3 Å². The van der Waals surface area contributed by atoms with Crippen LogP contribution in [0, 0.1) is 0 Å². The highest BCUT2D eigenvalue weighted by Gasteiger charge is 2.31. The molecular weight excluding hydrogens is 182 g/mol. The van der Waals surface area contributed by atoms with Crippen LogP contribution in [0.5, 0.6) is 0 Å². The second-order valence-electron chi connectivity index (χ2n) is 3.75. The SMILES string of the molecule is NC1(CNCc2nccs2)CCC1. The highest BCUT2D eigenvalue weighted by molar-refractivity contribution is 7.09. The van der Waals surface area contributed by atoms with Gasteiger partial charge < -0.3 is 11.1 Å². The lowest BCUT2D eigenvalue weighted by molar-refractivity contribution is 0.239. The molecule has 0 radical (unpaired) electrons. The summed E-state index contributed by atoms with van der Waals surface area (Å²) < 4.78 is 0. The van der Waals surface area contributed by atoms with Gasteiger partial charge in [0.2, 0.25) is 0 Å². The number of thiazole rings is 1. The third-order valence-electron chi connectivity index (χ3n) is 2.59. The van der Waals surface area contributed by atoms with E-state index in [1.165, 1.54) is 6.42 Å². The summed E-state index contributed by atoms with van der Waals surface area (Å²) in [4.78, 5) is 4.19. The maximum absolute atomic E-state index is 6.06. The van der Waals surface area contributed by atoms with Crippen LogP contribution in [0.3, 0.4) is 0 Å². The number of nitrogens with zero attached hydrogens (tertiary/aromatic N) is 1. The first kappa shape index (κ1) is 9.12. The van der Waals surface area contributed by atoms with Crippen molar-refractivity contribution in [2.45, 2.75) is 31.3 Å². The zero-order chi connectivity index (χ0) is 9.15. The Labute approximate surface area is 82.4 Å². The molecule has 0 aliphatic heterocycles.